The van der Waals surface area contributed by atoms with Crippen LogP contribution in [0.3, 0.4) is 0 Å². The van der Waals surface area contributed by atoms with E-state index in [4.69, 9.17) is 4.74 Å². The summed E-state index contributed by atoms with van der Waals surface area (Å²) in [4.78, 5) is 35.5. The fraction of sp³-hybridized carbons (Fsp3) is 0.238. The van der Waals surface area contributed by atoms with E-state index >= 15 is 0 Å². The molecule has 4 rings (SSSR count). The van der Waals surface area contributed by atoms with E-state index in [-0.39, 0.29) is 11.6 Å². The van der Waals surface area contributed by atoms with Crippen molar-refractivity contribution in [2.24, 2.45) is 0 Å². The topological polar surface area (TPSA) is 72.4 Å². The number of rotatable bonds is 3. The summed E-state index contributed by atoms with van der Waals surface area (Å²) in [5.74, 6) is -0.886. The highest BCUT2D eigenvalue weighted by molar-refractivity contribution is 5.99. The normalized spacial score (nSPS) is 14.5. The number of aromatic nitrogens is 2. The van der Waals surface area contributed by atoms with Crippen molar-refractivity contribution in [3.63, 3.8) is 0 Å². The van der Waals surface area contributed by atoms with Crippen molar-refractivity contribution in [3.05, 3.63) is 66.0 Å². The van der Waals surface area contributed by atoms with Crippen LogP contribution in [0, 0.1) is 0 Å². The largest absolute Gasteiger partial charge is 0.448 e. The second-order valence-corrected chi connectivity index (χ2v) is 6.51. The molecule has 0 N–H and O–H groups in total. The first kappa shape index (κ1) is 17.1. The minimum atomic E-state index is -0.906. The zero-order valence-electron chi connectivity index (χ0n) is 15.0. The van der Waals surface area contributed by atoms with Crippen molar-refractivity contribution in [1.29, 1.82) is 0 Å². The highest BCUT2D eigenvalue weighted by atomic mass is 16.5. The van der Waals surface area contributed by atoms with Crippen LogP contribution in [0.4, 0.5) is 5.69 Å². The number of nitrogens with zero attached hydrogens (tertiary/aromatic N) is 3. The second-order valence-electron chi connectivity index (χ2n) is 6.51. The smallest absolute Gasteiger partial charge is 0.359 e. The van der Waals surface area contributed by atoms with Gasteiger partial charge in [0.2, 0.25) is 0 Å². The molecular weight excluding hydrogens is 342 g/mol. The van der Waals surface area contributed by atoms with Crippen LogP contribution < -0.4 is 4.90 Å². The first-order chi connectivity index (χ1) is 13.1. The molecule has 1 atom stereocenters. The number of hydrogen-bond acceptors (Lipinski definition) is 5. The van der Waals surface area contributed by atoms with Crippen LogP contribution in [0.2, 0.25) is 0 Å². The molecule has 3 aromatic rings. The Hall–Kier alpha value is -3.28. The van der Waals surface area contributed by atoms with Gasteiger partial charge in [0, 0.05) is 12.2 Å². The molecule has 1 unspecified atom stereocenters. The zero-order valence-corrected chi connectivity index (χ0v) is 15.0. The fourth-order valence-corrected chi connectivity index (χ4v) is 3.31. The summed E-state index contributed by atoms with van der Waals surface area (Å²) in [6.07, 6.45) is 2.30. The Labute approximate surface area is 156 Å². The molecular formula is C21H19N3O3. The number of esters is 1. The van der Waals surface area contributed by atoms with Crippen LogP contribution in [0.25, 0.3) is 11.0 Å². The minimum Gasteiger partial charge on any atom is -0.448 e. The van der Waals surface area contributed by atoms with Crippen LogP contribution in [0.1, 0.15) is 29.4 Å². The average molecular weight is 361 g/mol. The van der Waals surface area contributed by atoms with E-state index in [0.717, 1.165) is 24.1 Å². The lowest BCUT2D eigenvalue weighted by molar-refractivity contribution is -0.126. The maximum absolute atomic E-state index is 12.9. The number of amides is 1. The Morgan fingerprint density at radius 2 is 1.81 bits per heavy atom. The highest BCUT2D eigenvalue weighted by Crippen LogP contribution is 2.27. The van der Waals surface area contributed by atoms with E-state index in [1.165, 1.54) is 6.20 Å². The molecule has 6 heteroatoms. The Morgan fingerprint density at radius 3 is 2.67 bits per heavy atom. The second kappa shape index (κ2) is 7.15. The van der Waals surface area contributed by atoms with Gasteiger partial charge in [-0.2, -0.15) is 0 Å². The first-order valence-corrected chi connectivity index (χ1v) is 8.95. The van der Waals surface area contributed by atoms with Crippen molar-refractivity contribution in [2.45, 2.75) is 25.9 Å². The first-order valence-electron chi connectivity index (χ1n) is 8.95. The van der Waals surface area contributed by atoms with Gasteiger partial charge < -0.3 is 9.64 Å². The standard InChI is InChI=1S/C21H19N3O3/c1-14(20(25)24-12-6-8-15-7-2-5-11-19(15)24)27-21(26)18-13-22-16-9-3-4-10-17(16)23-18/h2-5,7,9-11,13-14H,6,8,12H2,1H3. The lowest BCUT2D eigenvalue weighted by Crippen LogP contribution is -2.42. The number of anilines is 1. The Bertz CT molecular complexity index is 1020. The molecule has 0 fully saturated rings. The molecule has 136 valence electrons. The molecule has 2 aromatic carbocycles. The summed E-state index contributed by atoms with van der Waals surface area (Å²) in [6, 6.07) is 15.1. The Balaban J connectivity index is 1.50. The summed E-state index contributed by atoms with van der Waals surface area (Å²) in [6.45, 7) is 2.21. The van der Waals surface area contributed by atoms with Gasteiger partial charge in [-0.1, -0.05) is 30.3 Å². The molecule has 2 heterocycles. The Morgan fingerprint density at radius 1 is 1.07 bits per heavy atom. The van der Waals surface area contributed by atoms with Crippen molar-refractivity contribution < 1.29 is 14.3 Å². The van der Waals surface area contributed by atoms with E-state index < -0.39 is 12.1 Å². The SMILES string of the molecule is CC(OC(=O)c1cnc2ccccc2n1)C(=O)N1CCCc2ccccc21. The number of para-hydroxylation sites is 3. The third-order valence-electron chi connectivity index (χ3n) is 4.67. The lowest BCUT2D eigenvalue weighted by Gasteiger charge is -2.31. The van der Waals surface area contributed by atoms with Crippen LogP contribution in [-0.2, 0) is 16.0 Å². The summed E-state index contributed by atoms with van der Waals surface area (Å²) < 4.78 is 5.38. The van der Waals surface area contributed by atoms with E-state index in [0.29, 0.717) is 17.6 Å². The molecule has 0 radical (unpaired) electrons. The quantitative estimate of drug-likeness (QED) is 0.670. The number of hydrogen-bond donors (Lipinski definition) is 0. The number of ether oxygens (including phenoxy) is 1. The predicted octanol–water partition coefficient (Wildman–Crippen LogP) is 3.15. The highest BCUT2D eigenvalue weighted by Gasteiger charge is 2.29. The molecule has 0 aliphatic carbocycles. The third kappa shape index (κ3) is 3.38. The molecule has 27 heavy (non-hydrogen) atoms. The summed E-state index contributed by atoms with van der Waals surface area (Å²) >= 11 is 0. The van der Waals surface area contributed by atoms with Crippen molar-refractivity contribution >= 4 is 28.6 Å². The summed E-state index contributed by atoms with van der Waals surface area (Å²) in [5, 5.41) is 0. The van der Waals surface area contributed by atoms with Crippen LogP contribution in [0.5, 0.6) is 0 Å². The van der Waals surface area contributed by atoms with E-state index in [1.54, 1.807) is 17.9 Å². The van der Waals surface area contributed by atoms with E-state index in [9.17, 15) is 9.59 Å². The van der Waals surface area contributed by atoms with Gasteiger partial charge in [0.05, 0.1) is 17.2 Å². The van der Waals surface area contributed by atoms with Crippen molar-refractivity contribution in [2.75, 3.05) is 11.4 Å². The van der Waals surface area contributed by atoms with Gasteiger partial charge >= 0.3 is 5.97 Å². The van der Waals surface area contributed by atoms with Gasteiger partial charge in [-0.3, -0.25) is 9.78 Å². The average Bonchev–Trinajstić information content (AvgIpc) is 2.72. The van der Waals surface area contributed by atoms with Crippen LogP contribution in [0.15, 0.2) is 54.7 Å². The number of aryl methyl sites for hydroxylation is 1. The van der Waals surface area contributed by atoms with Gasteiger partial charge in [-0.05, 0) is 43.5 Å². The summed E-state index contributed by atoms with van der Waals surface area (Å²) in [5.41, 5.74) is 3.42. The van der Waals surface area contributed by atoms with Gasteiger partial charge in [0.15, 0.2) is 11.8 Å². The monoisotopic (exact) mass is 361 g/mol. The molecule has 0 spiro atoms. The Kier molecular flexibility index (Phi) is 4.54. The molecule has 1 aliphatic rings. The molecule has 6 nitrogen and oxygen atoms in total. The minimum absolute atomic E-state index is 0.0902. The fourth-order valence-electron chi connectivity index (χ4n) is 3.31. The molecule has 0 saturated carbocycles. The number of carbonyl (C=O) groups excluding carboxylic acids is 2. The van der Waals surface area contributed by atoms with Crippen LogP contribution >= 0.6 is 0 Å². The van der Waals surface area contributed by atoms with Gasteiger partial charge in [0.1, 0.15) is 0 Å². The molecule has 0 saturated heterocycles. The lowest BCUT2D eigenvalue weighted by atomic mass is 10.0. The molecule has 1 amide bonds. The van der Waals surface area contributed by atoms with Crippen molar-refractivity contribution in [1.82, 2.24) is 9.97 Å². The summed E-state index contributed by atoms with van der Waals surface area (Å²) in [7, 11) is 0. The maximum Gasteiger partial charge on any atom is 0.359 e. The van der Waals surface area contributed by atoms with Gasteiger partial charge in [-0.15, -0.1) is 0 Å². The predicted molar refractivity (Wildman–Crippen MR) is 102 cm³/mol. The molecule has 0 bridgehead atoms. The number of fused-ring (bicyclic) bond motifs is 2. The van der Waals surface area contributed by atoms with Crippen molar-refractivity contribution in [3.8, 4) is 0 Å². The maximum atomic E-state index is 12.9. The van der Waals surface area contributed by atoms with Gasteiger partial charge in [-0.25, -0.2) is 9.78 Å². The zero-order chi connectivity index (χ0) is 18.8. The van der Waals surface area contributed by atoms with Gasteiger partial charge in [0.25, 0.3) is 5.91 Å². The number of benzene rings is 2. The number of carbonyl (C=O) groups is 2. The molecule has 1 aromatic heterocycles. The van der Waals surface area contributed by atoms with Crippen LogP contribution in [-0.4, -0.2) is 34.5 Å². The molecule has 1 aliphatic heterocycles. The van der Waals surface area contributed by atoms with E-state index in [1.807, 2.05) is 42.5 Å². The third-order valence-corrected chi connectivity index (χ3v) is 4.67. The van der Waals surface area contributed by atoms with E-state index in [2.05, 4.69) is 9.97 Å².